The number of rotatable bonds is 5. The van der Waals surface area contributed by atoms with E-state index in [1.807, 2.05) is 60.8 Å². The molecular formula is C20H17N5OS. The van der Waals surface area contributed by atoms with Gasteiger partial charge in [-0.1, -0.05) is 42.1 Å². The maximum Gasteiger partial charge on any atom is 0.188 e. The van der Waals surface area contributed by atoms with Crippen molar-refractivity contribution in [1.29, 1.82) is 0 Å². The lowest BCUT2D eigenvalue weighted by Gasteiger charge is -2.08. The first-order valence-electron chi connectivity index (χ1n) is 8.48. The van der Waals surface area contributed by atoms with Crippen LogP contribution in [0.25, 0.3) is 16.9 Å². The molecule has 1 aromatic carbocycles. The van der Waals surface area contributed by atoms with Crippen LogP contribution in [-0.2, 0) is 0 Å². The topological polar surface area (TPSA) is 73.0 Å². The number of benzene rings is 1. The molecule has 4 rings (SSSR count). The Kier molecular flexibility index (Phi) is 4.68. The molecule has 0 N–H and O–H groups in total. The zero-order chi connectivity index (χ0) is 18.8. The van der Waals surface area contributed by atoms with Gasteiger partial charge in [-0.25, -0.2) is 19.5 Å². The molecule has 0 fully saturated rings. The van der Waals surface area contributed by atoms with Crippen molar-refractivity contribution < 1.29 is 4.79 Å². The van der Waals surface area contributed by atoms with E-state index in [4.69, 9.17) is 0 Å². The van der Waals surface area contributed by atoms with Crippen LogP contribution in [0.15, 0.2) is 60.0 Å². The summed E-state index contributed by atoms with van der Waals surface area (Å²) < 4.78 is 1.82. The first-order valence-corrected chi connectivity index (χ1v) is 9.47. The lowest BCUT2D eigenvalue weighted by atomic mass is 10.2. The second-order valence-corrected chi connectivity index (χ2v) is 7.06. The Morgan fingerprint density at radius 3 is 2.74 bits per heavy atom. The highest BCUT2D eigenvalue weighted by Crippen LogP contribution is 2.24. The fraction of sp³-hybridized carbons (Fsp3) is 0.150. The van der Waals surface area contributed by atoms with Crippen molar-refractivity contribution in [2.45, 2.75) is 19.0 Å². The molecule has 0 aliphatic carbocycles. The standard InChI is InChI=1S/C20H17N5OS/c1-13-10-19-22-11-16(14(2)25(19)24-13)17-8-9-21-20(23-17)27-12-18(26)15-6-4-3-5-7-15/h3-11H,12H2,1-2H3. The van der Waals surface area contributed by atoms with Gasteiger partial charge >= 0.3 is 0 Å². The lowest BCUT2D eigenvalue weighted by Crippen LogP contribution is -2.03. The highest BCUT2D eigenvalue weighted by atomic mass is 32.2. The second-order valence-electron chi connectivity index (χ2n) is 6.12. The van der Waals surface area contributed by atoms with Crippen LogP contribution in [0.5, 0.6) is 0 Å². The van der Waals surface area contributed by atoms with Crippen LogP contribution in [0, 0.1) is 13.8 Å². The van der Waals surface area contributed by atoms with E-state index < -0.39 is 0 Å². The summed E-state index contributed by atoms with van der Waals surface area (Å²) in [6.45, 7) is 3.93. The number of hydrogen-bond acceptors (Lipinski definition) is 6. The van der Waals surface area contributed by atoms with Crippen molar-refractivity contribution in [2.24, 2.45) is 0 Å². The van der Waals surface area contributed by atoms with E-state index in [0.29, 0.717) is 16.5 Å². The number of aryl methyl sites for hydroxylation is 2. The van der Waals surface area contributed by atoms with E-state index in [0.717, 1.165) is 28.3 Å². The molecule has 0 atom stereocenters. The Morgan fingerprint density at radius 2 is 1.93 bits per heavy atom. The van der Waals surface area contributed by atoms with Crippen LogP contribution in [0.2, 0.25) is 0 Å². The van der Waals surface area contributed by atoms with E-state index >= 15 is 0 Å². The van der Waals surface area contributed by atoms with Crippen molar-refractivity contribution >= 4 is 23.2 Å². The smallest absolute Gasteiger partial charge is 0.188 e. The van der Waals surface area contributed by atoms with Gasteiger partial charge in [-0.3, -0.25) is 4.79 Å². The van der Waals surface area contributed by atoms with Crippen LogP contribution in [0.4, 0.5) is 0 Å². The third-order valence-electron chi connectivity index (χ3n) is 4.18. The first kappa shape index (κ1) is 17.4. The molecule has 0 amide bonds. The predicted octanol–water partition coefficient (Wildman–Crippen LogP) is 3.78. The summed E-state index contributed by atoms with van der Waals surface area (Å²) >= 11 is 1.33. The number of fused-ring (bicyclic) bond motifs is 1. The van der Waals surface area contributed by atoms with Gasteiger partial charge in [0.15, 0.2) is 16.6 Å². The van der Waals surface area contributed by atoms with Gasteiger partial charge in [0.25, 0.3) is 0 Å². The summed E-state index contributed by atoms with van der Waals surface area (Å²) in [7, 11) is 0. The number of aromatic nitrogens is 5. The third-order valence-corrected chi connectivity index (χ3v) is 5.05. The molecule has 134 valence electrons. The summed E-state index contributed by atoms with van der Waals surface area (Å²) in [5.41, 5.74) is 5.04. The zero-order valence-corrected chi connectivity index (χ0v) is 15.8. The summed E-state index contributed by atoms with van der Waals surface area (Å²) in [4.78, 5) is 25.6. The summed E-state index contributed by atoms with van der Waals surface area (Å²) in [5, 5.41) is 5.04. The lowest BCUT2D eigenvalue weighted by molar-refractivity contribution is 0.102. The third kappa shape index (κ3) is 3.59. The molecule has 3 aromatic heterocycles. The molecule has 0 spiro atoms. The molecule has 0 saturated carbocycles. The minimum absolute atomic E-state index is 0.0564. The Bertz CT molecular complexity index is 1120. The summed E-state index contributed by atoms with van der Waals surface area (Å²) in [5.74, 6) is 0.350. The number of ketones is 1. The maximum absolute atomic E-state index is 12.3. The van der Waals surface area contributed by atoms with Crippen LogP contribution < -0.4 is 0 Å². The van der Waals surface area contributed by atoms with Crippen molar-refractivity contribution in [3.05, 3.63) is 71.8 Å². The minimum atomic E-state index is 0.0564. The van der Waals surface area contributed by atoms with Gasteiger partial charge in [0.2, 0.25) is 0 Å². The zero-order valence-electron chi connectivity index (χ0n) is 15.0. The average Bonchev–Trinajstić information content (AvgIpc) is 3.09. The van der Waals surface area contributed by atoms with Crippen molar-refractivity contribution in [1.82, 2.24) is 24.6 Å². The molecule has 0 aliphatic heterocycles. The average molecular weight is 375 g/mol. The Balaban J connectivity index is 1.58. The molecule has 27 heavy (non-hydrogen) atoms. The van der Waals surface area contributed by atoms with E-state index in [-0.39, 0.29) is 5.78 Å². The quantitative estimate of drug-likeness (QED) is 0.300. The van der Waals surface area contributed by atoms with Gasteiger partial charge in [0, 0.05) is 29.6 Å². The molecule has 0 bridgehead atoms. The van der Waals surface area contributed by atoms with Crippen molar-refractivity contribution in [3.63, 3.8) is 0 Å². The molecule has 4 aromatic rings. The fourth-order valence-corrected chi connectivity index (χ4v) is 3.54. The van der Waals surface area contributed by atoms with Gasteiger partial charge in [0.1, 0.15) is 0 Å². The van der Waals surface area contributed by atoms with E-state index in [2.05, 4.69) is 20.1 Å². The highest BCUT2D eigenvalue weighted by Gasteiger charge is 2.12. The molecule has 0 radical (unpaired) electrons. The van der Waals surface area contributed by atoms with Gasteiger partial charge < -0.3 is 0 Å². The number of Topliss-reactive ketones (excluding diaryl/α,β-unsaturated/α-hetero) is 1. The highest BCUT2D eigenvalue weighted by molar-refractivity contribution is 7.99. The van der Waals surface area contributed by atoms with E-state index in [1.165, 1.54) is 11.8 Å². The molecule has 6 nitrogen and oxygen atoms in total. The molecule has 0 aliphatic rings. The maximum atomic E-state index is 12.3. The van der Waals surface area contributed by atoms with Crippen molar-refractivity contribution in [2.75, 3.05) is 5.75 Å². The second kappa shape index (κ2) is 7.28. The number of carbonyl (C=O) groups is 1. The van der Waals surface area contributed by atoms with Crippen LogP contribution >= 0.6 is 11.8 Å². The van der Waals surface area contributed by atoms with Crippen LogP contribution in [-0.4, -0.2) is 36.1 Å². The normalized spacial score (nSPS) is 11.0. The van der Waals surface area contributed by atoms with Gasteiger partial charge in [-0.2, -0.15) is 5.10 Å². The van der Waals surface area contributed by atoms with Crippen molar-refractivity contribution in [3.8, 4) is 11.3 Å². The van der Waals surface area contributed by atoms with Gasteiger partial charge in [-0.15, -0.1) is 0 Å². The minimum Gasteiger partial charge on any atom is -0.293 e. The van der Waals surface area contributed by atoms with E-state index in [9.17, 15) is 4.79 Å². The fourth-order valence-electron chi connectivity index (χ4n) is 2.81. The van der Waals surface area contributed by atoms with E-state index in [1.54, 1.807) is 12.4 Å². The molecule has 0 unspecified atom stereocenters. The summed E-state index contributed by atoms with van der Waals surface area (Å²) in [6.07, 6.45) is 3.51. The Hall–Kier alpha value is -3.06. The van der Waals surface area contributed by atoms with Crippen LogP contribution in [0.1, 0.15) is 21.7 Å². The number of carbonyl (C=O) groups excluding carboxylic acids is 1. The number of nitrogens with zero attached hydrogens (tertiary/aromatic N) is 5. The van der Waals surface area contributed by atoms with Gasteiger partial charge in [-0.05, 0) is 19.9 Å². The monoisotopic (exact) mass is 375 g/mol. The number of thioether (sulfide) groups is 1. The first-order chi connectivity index (χ1) is 13.1. The largest absolute Gasteiger partial charge is 0.293 e. The molecule has 3 heterocycles. The SMILES string of the molecule is Cc1cc2ncc(-c3ccnc(SCC(=O)c4ccccc4)n3)c(C)n2n1. The molecule has 7 heteroatoms. The Morgan fingerprint density at radius 1 is 1.11 bits per heavy atom. The van der Waals surface area contributed by atoms with Crippen LogP contribution in [0.3, 0.4) is 0 Å². The van der Waals surface area contributed by atoms with Gasteiger partial charge in [0.05, 0.1) is 22.8 Å². The molecular weight excluding hydrogens is 358 g/mol. The number of hydrogen-bond donors (Lipinski definition) is 0. The molecule has 0 saturated heterocycles. The predicted molar refractivity (Wildman–Crippen MR) is 105 cm³/mol. The Labute approximate surface area is 160 Å². The summed E-state index contributed by atoms with van der Waals surface area (Å²) in [6, 6.07) is 13.0.